The molecule has 2 aliphatic rings. The van der Waals surface area contributed by atoms with Crippen molar-refractivity contribution in [2.24, 2.45) is 10.3 Å². The zero-order valence-electron chi connectivity index (χ0n) is 28.7. The molecular weight excluding hydrogens is 671 g/mol. The minimum absolute atomic E-state index is 0. The maximum absolute atomic E-state index is 12.2. The molecule has 0 atom stereocenters. The van der Waals surface area contributed by atoms with Crippen LogP contribution in [0.25, 0.3) is 44.4 Å². The summed E-state index contributed by atoms with van der Waals surface area (Å²) in [5.74, 6) is -0.679. The number of oxime groups is 2. The monoisotopic (exact) mass is 708 g/mol. The quantitative estimate of drug-likeness (QED) is 0.0908. The molecule has 0 fully saturated rings. The maximum Gasteiger partial charge on any atom is 2.00 e. The molecule has 0 spiro atoms. The van der Waals surface area contributed by atoms with Gasteiger partial charge in [0, 0.05) is 18.4 Å². The number of hydrogen-bond acceptors (Lipinski definition) is 10. The average molecular weight is 709 g/mol. The van der Waals surface area contributed by atoms with E-state index in [1.807, 2.05) is 52.0 Å². The first-order valence-electron chi connectivity index (χ1n) is 15.5. The van der Waals surface area contributed by atoms with E-state index < -0.39 is 0 Å². The standard InChI is InChI=1S/C36H38N6O6.Ni/c1-17-23(9-11-33(43)47-7)29-16-30-24(10-12-34(44)48-8)18(2)26(38-30)14-31-36(22(6)42-46)20(4)28(40-31)15-32-35(21(5)41-45)19(3)27(39-32)13-25(17)37-29;/h13-16H,9-12H2,1-8H3,(H2-2,37,38,39,40,41,42,45,46);/q-2;+2. The molecule has 0 amide bonds. The van der Waals surface area contributed by atoms with Gasteiger partial charge in [-0.05, 0) is 76.7 Å². The molecule has 3 aromatic rings. The summed E-state index contributed by atoms with van der Waals surface area (Å²) in [4.78, 5) is 44.3. The Kier molecular flexibility index (Phi) is 11.3. The van der Waals surface area contributed by atoms with Crippen LogP contribution in [0.5, 0.6) is 0 Å². The van der Waals surface area contributed by atoms with Crippen molar-refractivity contribution in [3.05, 3.63) is 69.3 Å². The van der Waals surface area contributed by atoms with E-state index in [-0.39, 0.29) is 41.3 Å². The molecule has 5 rings (SSSR count). The van der Waals surface area contributed by atoms with E-state index in [1.54, 1.807) is 13.8 Å². The fourth-order valence-electron chi connectivity index (χ4n) is 6.27. The average Bonchev–Trinajstić information content (AvgIpc) is 3.74. The fraction of sp³-hybridized carbons (Fsp3) is 0.333. The molecule has 0 saturated heterocycles. The number of carbonyl (C=O) groups excluding carboxylic acids is 2. The Balaban J connectivity index is 0.00000541. The summed E-state index contributed by atoms with van der Waals surface area (Å²) in [5.41, 5.74) is 11.9. The van der Waals surface area contributed by atoms with Gasteiger partial charge in [0.05, 0.1) is 48.4 Å². The van der Waals surface area contributed by atoms with Crippen LogP contribution in [0.2, 0.25) is 0 Å². The van der Waals surface area contributed by atoms with Gasteiger partial charge >= 0.3 is 28.4 Å². The molecule has 2 N–H and O–H groups in total. The number of aromatic nitrogens is 4. The van der Waals surface area contributed by atoms with Crippen LogP contribution >= 0.6 is 0 Å². The summed E-state index contributed by atoms with van der Waals surface area (Å²) >= 11 is 0. The smallest absolute Gasteiger partial charge is 0.657 e. The number of methoxy groups -OCH3 is 2. The van der Waals surface area contributed by atoms with Crippen molar-refractivity contribution < 1.29 is 46.0 Å². The van der Waals surface area contributed by atoms with Gasteiger partial charge in [0.15, 0.2) is 0 Å². The summed E-state index contributed by atoms with van der Waals surface area (Å²) in [6.45, 7) is 11.1. The van der Waals surface area contributed by atoms with E-state index >= 15 is 0 Å². The van der Waals surface area contributed by atoms with Crippen LogP contribution in [-0.4, -0.2) is 58.0 Å². The minimum atomic E-state index is -0.341. The van der Waals surface area contributed by atoms with E-state index in [2.05, 4.69) is 10.3 Å². The molecule has 5 heterocycles. The van der Waals surface area contributed by atoms with Crippen molar-refractivity contribution in [3.63, 3.8) is 0 Å². The Labute approximate surface area is 294 Å². The van der Waals surface area contributed by atoms with Crippen LogP contribution < -0.4 is 9.97 Å². The van der Waals surface area contributed by atoms with Crippen LogP contribution in [-0.2, 0) is 42.0 Å². The van der Waals surface area contributed by atoms with Crippen LogP contribution in [0.1, 0.15) is 92.0 Å². The van der Waals surface area contributed by atoms with Crippen LogP contribution in [0.4, 0.5) is 0 Å². The van der Waals surface area contributed by atoms with Crippen molar-refractivity contribution in [1.82, 2.24) is 19.9 Å². The topological polar surface area (TPSA) is 172 Å². The van der Waals surface area contributed by atoms with Gasteiger partial charge < -0.3 is 29.9 Å². The third-order valence-electron chi connectivity index (χ3n) is 9.02. The predicted octanol–water partition coefficient (Wildman–Crippen LogP) is 6.16. The van der Waals surface area contributed by atoms with Crippen LogP contribution in [0.15, 0.2) is 34.6 Å². The number of aryl methyl sites for hydroxylation is 3. The molecule has 0 saturated carbocycles. The zero-order chi connectivity index (χ0) is 34.9. The molecular formula is C36H38N6NiO6. The number of rotatable bonds is 8. The second-order valence-corrected chi connectivity index (χ2v) is 11.8. The second kappa shape index (κ2) is 15.0. The predicted molar refractivity (Wildman–Crippen MR) is 184 cm³/mol. The Morgan fingerprint density at radius 3 is 1.84 bits per heavy atom. The van der Waals surface area contributed by atoms with Crippen molar-refractivity contribution in [2.45, 2.75) is 67.2 Å². The number of carbonyl (C=O) groups is 2. The summed E-state index contributed by atoms with van der Waals surface area (Å²) in [6, 6.07) is 7.43. The molecule has 0 aromatic carbocycles. The molecule has 0 unspecified atom stereocenters. The first kappa shape index (κ1) is 36.8. The van der Waals surface area contributed by atoms with Gasteiger partial charge in [0.1, 0.15) is 0 Å². The molecule has 0 radical (unpaired) electrons. The van der Waals surface area contributed by atoms with E-state index in [4.69, 9.17) is 29.4 Å². The van der Waals surface area contributed by atoms with Gasteiger partial charge in [-0.15, -0.1) is 22.1 Å². The first-order chi connectivity index (χ1) is 22.9. The number of allylic oxidation sites excluding steroid dienone is 4. The summed E-state index contributed by atoms with van der Waals surface area (Å²) in [6.07, 6.45) is 1.08. The molecule has 13 heteroatoms. The molecule has 3 aromatic heterocycles. The van der Waals surface area contributed by atoms with Gasteiger partial charge in [0.25, 0.3) is 0 Å². The number of fused-ring (bicyclic) bond motifs is 8. The number of nitrogens with zero attached hydrogens (tertiary/aromatic N) is 6. The summed E-state index contributed by atoms with van der Waals surface area (Å²) in [5, 5.41) is 26.6. The van der Waals surface area contributed by atoms with E-state index in [9.17, 15) is 20.0 Å². The molecule has 49 heavy (non-hydrogen) atoms. The second-order valence-electron chi connectivity index (χ2n) is 11.8. The maximum atomic E-state index is 12.2. The van der Waals surface area contributed by atoms with Crippen LogP contribution in [0, 0.1) is 13.8 Å². The minimum Gasteiger partial charge on any atom is -0.657 e. The summed E-state index contributed by atoms with van der Waals surface area (Å²) < 4.78 is 9.85. The van der Waals surface area contributed by atoms with Gasteiger partial charge in [0.2, 0.25) is 0 Å². The van der Waals surface area contributed by atoms with Gasteiger partial charge in [-0.25, -0.2) is 9.97 Å². The van der Waals surface area contributed by atoms with E-state index in [1.165, 1.54) is 14.2 Å². The normalized spacial score (nSPS) is 13.5. The van der Waals surface area contributed by atoms with Crippen molar-refractivity contribution in [1.29, 1.82) is 0 Å². The molecule has 8 bridgehead atoms. The Bertz CT molecular complexity index is 2140. The number of ether oxygens (including phenoxy) is 2. The zero-order valence-corrected chi connectivity index (χ0v) is 29.7. The molecule has 258 valence electrons. The van der Waals surface area contributed by atoms with Crippen molar-refractivity contribution >= 4 is 67.7 Å². The first-order valence-corrected chi connectivity index (χ1v) is 15.5. The third-order valence-corrected chi connectivity index (χ3v) is 9.02. The van der Waals surface area contributed by atoms with Gasteiger partial charge in [-0.3, -0.25) is 9.59 Å². The van der Waals surface area contributed by atoms with Gasteiger partial charge in [-0.2, -0.15) is 0 Å². The fourth-order valence-corrected chi connectivity index (χ4v) is 6.27. The molecule has 12 nitrogen and oxygen atoms in total. The van der Waals surface area contributed by atoms with Crippen LogP contribution in [0.3, 0.4) is 0 Å². The Morgan fingerprint density at radius 1 is 0.694 bits per heavy atom. The Hall–Kier alpha value is -5.03. The molecule has 0 aliphatic carbocycles. The number of hydrogen-bond donors (Lipinski definition) is 2. The van der Waals surface area contributed by atoms with Crippen molar-refractivity contribution in [2.75, 3.05) is 14.2 Å². The molecule has 2 aliphatic heterocycles. The van der Waals surface area contributed by atoms with Gasteiger partial charge in [-0.1, -0.05) is 51.3 Å². The van der Waals surface area contributed by atoms with Crippen molar-refractivity contribution in [3.8, 4) is 0 Å². The summed E-state index contributed by atoms with van der Waals surface area (Å²) in [7, 11) is 2.72. The van der Waals surface area contributed by atoms with E-state index in [0.29, 0.717) is 80.2 Å². The van der Waals surface area contributed by atoms with E-state index in [0.717, 1.165) is 33.4 Å². The SMILES string of the molecule is COC(=O)CCC1=C(C)c2cc3[n-]c(cc4nc(cc5[n-]c(cc1n2)c(CCC(=O)OC)c5C)C(C(C)=NO)=C4C)c(C(C)=NO)c3C.[Ni+2]. The number of esters is 2. The third kappa shape index (κ3) is 7.08. The largest absolute Gasteiger partial charge is 2.00 e. The Morgan fingerprint density at radius 2 is 1.20 bits per heavy atom.